The van der Waals surface area contributed by atoms with E-state index in [9.17, 15) is 18.0 Å². The van der Waals surface area contributed by atoms with Crippen LogP contribution in [0.2, 0.25) is 0 Å². The molecular formula is C18H25N3O4S. The van der Waals surface area contributed by atoms with Crippen LogP contribution in [0, 0.1) is 0 Å². The van der Waals surface area contributed by atoms with Crippen molar-refractivity contribution in [2.45, 2.75) is 31.2 Å². The Morgan fingerprint density at radius 3 is 2.65 bits per heavy atom. The van der Waals surface area contributed by atoms with Crippen LogP contribution in [0.5, 0.6) is 0 Å². The Bertz CT molecular complexity index is 819. The van der Waals surface area contributed by atoms with E-state index < -0.39 is 16.1 Å². The Kier molecular flexibility index (Phi) is 6.20. The number of carbonyl (C=O) groups excluding carboxylic acids is 2. The number of benzene rings is 1. The molecule has 0 radical (unpaired) electrons. The summed E-state index contributed by atoms with van der Waals surface area (Å²) in [5.41, 5.74) is 1.13. The maximum atomic E-state index is 12.6. The summed E-state index contributed by atoms with van der Waals surface area (Å²) in [6, 6.07) is 5.10. The molecule has 1 aromatic rings. The lowest BCUT2D eigenvalue weighted by atomic mass is 10.2. The Balaban J connectivity index is 2.23. The molecule has 0 aromatic heterocycles. The highest BCUT2D eigenvalue weighted by Gasteiger charge is 2.33. The van der Waals surface area contributed by atoms with Gasteiger partial charge in [0.15, 0.2) is 0 Å². The van der Waals surface area contributed by atoms with Crippen LogP contribution in [0.15, 0.2) is 41.3 Å². The van der Waals surface area contributed by atoms with E-state index in [-0.39, 0.29) is 22.3 Å². The predicted molar refractivity (Wildman–Crippen MR) is 99.2 cm³/mol. The third-order valence-corrected chi connectivity index (χ3v) is 5.72. The standard InChI is InChI=1S/C18H25N3O4S/c1-5-21(12-13(2)3)17(22)14-7-6-8-15(11-14)26(24,25)19-16-9-10-20(4)18(16)23/h6-8,11,16,19H,2,5,9-10,12H2,1,3-4H3/t16-/m0/s1. The first-order valence-electron chi connectivity index (χ1n) is 8.46. The molecule has 1 aliphatic heterocycles. The number of likely N-dealkylation sites (N-methyl/N-ethyl adjacent to an activating group) is 2. The molecular weight excluding hydrogens is 354 g/mol. The van der Waals surface area contributed by atoms with Gasteiger partial charge in [-0.15, -0.1) is 0 Å². The number of amides is 2. The molecule has 0 bridgehead atoms. The third-order valence-electron chi connectivity index (χ3n) is 4.25. The van der Waals surface area contributed by atoms with Crippen molar-refractivity contribution < 1.29 is 18.0 Å². The van der Waals surface area contributed by atoms with Crippen LogP contribution >= 0.6 is 0 Å². The molecule has 1 heterocycles. The van der Waals surface area contributed by atoms with Gasteiger partial charge in [-0.2, -0.15) is 4.72 Å². The van der Waals surface area contributed by atoms with Crippen LogP contribution in [0.1, 0.15) is 30.6 Å². The summed E-state index contributed by atoms with van der Waals surface area (Å²) >= 11 is 0. The summed E-state index contributed by atoms with van der Waals surface area (Å²) in [7, 11) is -2.26. The summed E-state index contributed by atoms with van der Waals surface area (Å²) in [6.45, 7) is 8.90. The molecule has 1 fully saturated rings. The van der Waals surface area contributed by atoms with Crippen LogP contribution in [-0.2, 0) is 14.8 Å². The summed E-state index contributed by atoms with van der Waals surface area (Å²) in [5.74, 6) is -0.511. The summed E-state index contributed by atoms with van der Waals surface area (Å²) < 4.78 is 27.7. The molecule has 26 heavy (non-hydrogen) atoms. The second-order valence-corrected chi connectivity index (χ2v) is 8.24. The van der Waals surface area contributed by atoms with Gasteiger partial charge in [0.1, 0.15) is 6.04 Å². The summed E-state index contributed by atoms with van der Waals surface area (Å²) in [4.78, 5) is 27.6. The van der Waals surface area contributed by atoms with E-state index >= 15 is 0 Å². The first kappa shape index (κ1) is 20.1. The van der Waals surface area contributed by atoms with Crippen molar-refractivity contribution in [3.63, 3.8) is 0 Å². The number of likely N-dealkylation sites (tertiary alicyclic amines) is 1. The van der Waals surface area contributed by atoms with Crippen LogP contribution in [0.25, 0.3) is 0 Å². The fourth-order valence-corrected chi connectivity index (χ4v) is 4.09. The molecule has 0 unspecified atom stereocenters. The second kappa shape index (κ2) is 8.01. The van der Waals surface area contributed by atoms with Crippen LogP contribution < -0.4 is 4.72 Å². The van der Waals surface area contributed by atoms with Crippen molar-refractivity contribution in [1.29, 1.82) is 0 Å². The highest BCUT2D eigenvalue weighted by Crippen LogP contribution is 2.17. The Morgan fingerprint density at radius 2 is 2.12 bits per heavy atom. The zero-order chi connectivity index (χ0) is 19.5. The lowest BCUT2D eigenvalue weighted by Gasteiger charge is -2.21. The lowest BCUT2D eigenvalue weighted by molar-refractivity contribution is -0.127. The quantitative estimate of drug-likeness (QED) is 0.722. The SMILES string of the molecule is C=C(C)CN(CC)C(=O)c1cccc(S(=O)(=O)N[C@H]2CCN(C)C2=O)c1. The molecule has 0 spiro atoms. The first-order chi connectivity index (χ1) is 12.2. The fraction of sp³-hybridized carbons (Fsp3) is 0.444. The van der Waals surface area contributed by atoms with E-state index in [1.807, 2.05) is 13.8 Å². The molecule has 142 valence electrons. The topological polar surface area (TPSA) is 86.8 Å². The van der Waals surface area contributed by atoms with Gasteiger partial charge in [0.05, 0.1) is 4.90 Å². The average molecular weight is 379 g/mol. The van der Waals surface area contributed by atoms with Crippen molar-refractivity contribution in [2.24, 2.45) is 0 Å². The molecule has 0 saturated carbocycles. The van der Waals surface area contributed by atoms with Gasteiger partial charge < -0.3 is 9.80 Å². The van der Waals surface area contributed by atoms with Gasteiger partial charge >= 0.3 is 0 Å². The largest absolute Gasteiger partial charge is 0.344 e. The van der Waals surface area contributed by atoms with Gasteiger partial charge in [0.25, 0.3) is 5.91 Å². The number of nitrogens with one attached hydrogen (secondary N) is 1. The minimum atomic E-state index is -3.90. The van der Waals surface area contributed by atoms with E-state index in [0.29, 0.717) is 26.1 Å². The second-order valence-electron chi connectivity index (χ2n) is 6.53. The fourth-order valence-electron chi connectivity index (χ4n) is 2.82. The number of carbonyl (C=O) groups is 2. The van der Waals surface area contributed by atoms with Gasteiger partial charge in [0, 0.05) is 32.2 Å². The van der Waals surface area contributed by atoms with Crippen molar-refractivity contribution in [3.8, 4) is 0 Å². The highest BCUT2D eigenvalue weighted by atomic mass is 32.2. The molecule has 8 heteroatoms. The monoisotopic (exact) mass is 379 g/mol. The number of rotatable bonds is 7. The number of hydrogen-bond acceptors (Lipinski definition) is 4. The van der Waals surface area contributed by atoms with E-state index in [4.69, 9.17) is 0 Å². The van der Waals surface area contributed by atoms with Crippen LogP contribution in [0.3, 0.4) is 0 Å². The molecule has 1 aromatic carbocycles. The number of nitrogens with zero attached hydrogens (tertiary/aromatic N) is 2. The minimum absolute atomic E-state index is 0.0305. The highest BCUT2D eigenvalue weighted by molar-refractivity contribution is 7.89. The summed E-state index contributed by atoms with van der Waals surface area (Å²) in [5, 5.41) is 0. The normalized spacial score (nSPS) is 17.4. The Labute approximate surface area is 154 Å². The first-order valence-corrected chi connectivity index (χ1v) is 9.95. The van der Waals surface area contributed by atoms with E-state index in [2.05, 4.69) is 11.3 Å². The Hall–Kier alpha value is -2.19. The number of sulfonamides is 1. The van der Waals surface area contributed by atoms with Gasteiger partial charge in [-0.25, -0.2) is 8.42 Å². The molecule has 1 N–H and O–H groups in total. The maximum absolute atomic E-state index is 12.6. The maximum Gasteiger partial charge on any atom is 0.254 e. The van der Waals surface area contributed by atoms with Gasteiger partial charge in [-0.3, -0.25) is 9.59 Å². The molecule has 1 aliphatic rings. The zero-order valence-electron chi connectivity index (χ0n) is 15.4. The van der Waals surface area contributed by atoms with Gasteiger partial charge in [-0.1, -0.05) is 18.2 Å². The van der Waals surface area contributed by atoms with Crippen LogP contribution in [0.4, 0.5) is 0 Å². The summed E-state index contributed by atoms with van der Waals surface area (Å²) in [6.07, 6.45) is 0.426. The third kappa shape index (κ3) is 4.50. The average Bonchev–Trinajstić information content (AvgIpc) is 2.90. The molecule has 0 aliphatic carbocycles. The van der Waals surface area contributed by atoms with Crippen molar-refractivity contribution >= 4 is 21.8 Å². The van der Waals surface area contributed by atoms with Gasteiger partial charge in [0.2, 0.25) is 15.9 Å². The van der Waals surface area contributed by atoms with E-state index in [1.165, 1.54) is 23.1 Å². The molecule has 1 saturated heterocycles. The van der Waals surface area contributed by atoms with Crippen molar-refractivity contribution in [3.05, 3.63) is 42.0 Å². The van der Waals surface area contributed by atoms with Gasteiger partial charge in [-0.05, 0) is 38.5 Å². The van der Waals surface area contributed by atoms with Crippen LogP contribution in [-0.4, -0.2) is 62.8 Å². The Morgan fingerprint density at radius 1 is 1.42 bits per heavy atom. The molecule has 7 nitrogen and oxygen atoms in total. The smallest absolute Gasteiger partial charge is 0.254 e. The van der Waals surface area contributed by atoms with Crippen molar-refractivity contribution in [1.82, 2.24) is 14.5 Å². The predicted octanol–water partition coefficient (Wildman–Crippen LogP) is 1.23. The molecule has 2 amide bonds. The van der Waals surface area contributed by atoms with Crippen molar-refractivity contribution in [2.75, 3.05) is 26.7 Å². The number of hydrogen-bond donors (Lipinski definition) is 1. The molecule has 2 rings (SSSR count). The molecule has 1 atom stereocenters. The zero-order valence-corrected chi connectivity index (χ0v) is 16.2. The lowest BCUT2D eigenvalue weighted by Crippen LogP contribution is -2.40. The van der Waals surface area contributed by atoms with E-state index in [0.717, 1.165) is 5.57 Å². The van der Waals surface area contributed by atoms with E-state index in [1.54, 1.807) is 18.0 Å². The minimum Gasteiger partial charge on any atom is -0.344 e.